The Morgan fingerprint density at radius 1 is 1.14 bits per heavy atom. The number of thiazole rings is 1. The predicted molar refractivity (Wildman–Crippen MR) is 121 cm³/mol. The number of hydrogen-bond donors (Lipinski definition) is 0. The molecular formula is C23H29N3O2S. The average molecular weight is 412 g/mol. The summed E-state index contributed by atoms with van der Waals surface area (Å²) < 4.78 is 6.23. The van der Waals surface area contributed by atoms with Crippen LogP contribution in [0.25, 0.3) is 10.2 Å². The van der Waals surface area contributed by atoms with Crippen LogP contribution in [0, 0.1) is 13.8 Å². The van der Waals surface area contributed by atoms with E-state index in [1.54, 1.807) is 18.4 Å². The highest BCUT2D eigenvalue weighted by Crippen LogP contribution is 2.32. The molecule has 0 fully saturated rings. The molecule has 1 heterocycles. The highest BCUT2D eigenvalue weighted by atomic mass is 32.1. The topological polar surface area (TPSA) is 45.7 Å². The Labute approximate surface area is 176 Å². The molecule has 154 valence electrons. The molecule has 3 aromatic rings. The molecule has 2 aromatic carbocycles. The summed E-state index contributed by atoms with van der Waals surface area (Å²) in [5.74, 6) is 0.0576. The lowest BCUT2D eigenvalue weighted by Gasteiger charge is -2.23. The number of anilines is 1. The Morgan fingerprint density at radius 2 is 1.90 bits per heavy atom. The number of carbonyl (C=O) groups is 1. The van der Waals surface area contributed by atoms with E-state index >= 15 is 0 Å². The van der Waals surface area contributed by atoms with Gasteiger partial charge >= 0.3 is 0 Å². The maximum absolute atomic E-state index is 13.2. The van der Waals surface area contributed by atoms with Crippen LogP contribution < -0.4 is 4.90 Å². The van der Waals surface area contributed by atoms with Crippen molar-refractivity contribution in [1.82, 2.24) is 9.88 Å². The smallest absolute Gasteiger partial charge is 0.243 e. The SMILES string of the molecule is COCCCN(C)CC(=O)N(Cc1ccccc1)c1nc2c(C)c(C)ccc2s1. The Balaban J connectivity index is 1.87. The summed E-state index contributed by atoms with van der Waals surface area (Å²) >= 11 is 1.58. The highest BCUT2D eigenvalue weighted by molar-refractivity contribution is 7.22. The fourth-order valence-corrected chi connectivity index (χ4v) is 4.27. The zero-order chi connectivity index (χ0) is 20.8. The van der Waals surface area contributed by atoms with Crippen molar-refractivity contribution in [3.05, 3.63) is 59.2 Å². The van der Waals surface area contributed by atoms with Gasteiger partial charge in [-0.05, 0) is 50.1 Å². The normalized spacial score (nSPS) is 11.3. The lowest BCUT2D eigenvalue weighted by atomic mass is 10.1. The van der Waals surface area contributed by atoms with Crippen LogP contribution >= 0.6 is 11.3 Å². The first-order valence-electron chi connectivity index (χ1n) is 9.88. The molecule has 3 rings (SSSR count). The number of ether oxygens (including phenoxy) is 1. The Kier molecular flexibility index (Phi) is 7.36. The van der Waals surface area contributed by atoms with Gasteiger partial charge in [-0.3, -0.25) is 14.6 Å². The summed E-state index contributed by atoms with van der Waals surface area (Å²) in [7, 11) is 3.67. The van der Waals surface area contributed by atoms with Gasteiger partial charge in [0, 0.05) is 20.3 Å². The second-order valence-electron chi connectivity index (χ2n) is 7.40. The molecule has 0 saturated carbocycles. The summed E-state index contributed by atoms with van der Waals surface area (Å²) in [6.07, 6.45) is 0.901. The van der Waals surface area contributed by atoms with Crippen molar-refractivity contribution in [3.63, 3.8) is 0 Å². The van der Waals surface area contributed by atoms with Gasteiger partial charge in [0.05, 0.1) is 23.3 Å². The number of hydrogen-bond acceptors (Lipinski definition) is 5. The van der Waals surface area contributed by atoms with E-state index in [2.05, 4.69) is 26.0 Å². The van der Waals surface area contributed by atoms with Crippen molar-refractivity contribution in [3.8, 4) is 0 Å². The number of carbonyl (C=O) groups excluding carboxylic acids is 1. The van der Waals surface area contributed by atoms with Crippen LogP contribution in [0.3, 0.4) is 0 Å². The molecule has 0 bridgehead atoms. The van der Waals surface area contributed by atoms with Crippen LogP contribution in [-0.2, 0) is 16.1 Å². The molecule has 0 atom stereocenters. The number of benzene rings is 2. The molecular weight excluding hydrogens is 382 g/mol. The third kappa shape index (κ3) is 5.41. The molecule has 0 radical (unpaired) electrons. The van der Waals surface area contributed by atoms with E-state index in [1.807, 2.05) is 47.2 Å². The van der Waals surface area contributed by atoms with Crippen LogP contribution in [0.1, 0.15) is 23.1 Å². The second kappa shape index (κ2) is 9.96. The maximum Gasteiger partial charge on any atom is 0.243 e. The molecule has 0 spiro atoms. The van der Waals surface area contributed by atoms with Crippen LogP contribution in [0.4, 0.5) is 5.13 Å². The van der Waals surface area contributed by atoms with Crippen molar-refractivity contribution >= 4 is 32.6 Å². The van der Waals surface area contributed by atoms with E-state index in [0.29, 0.717) is 19.7 Å². The van der Waals surface area contributed by atoms with Crippen molar-refractivity contribution < 1.29 is 9.53 Å². The van der Waals surface area contributed by atoms with Gasteiger partial charge < -0.3 is 4.74 Å². The Morgan fingerprint density at radius 3 is 2.62 bits per heavy atom. The van der Waals surface area contributed by atoms with E-state index in [0.717, 1.165) is 33.9 Å². The molecule has 0 N–H and O–H groups in total. The molecule has 1 amide bonds. The van der Waals surface area contributed by atoms with Crippen molar-refractivity contribution in [1.29, 1.82) is 0 Å². The van der Waals surface area contributed by atoms with Gasteiger partial charge in [0.2, 0.25) is 5.91 Å². The van der Waals surface area contributed by atoms with E-state index < -0.39 is 0 Å². The number of aryl methyl sites for hydroxylation is 2. The van der Waals surface area contributed by atoms with Gasteiger partial charge in [0.15, 0.2) is 5.13 Å². The van der Waals surface area contributed by atoms with Crippen LogP contribution in [0.2, 0.25) is 0 Å². The number of aromatic nitrogens is 1. The lowest BCUT2D eigenvalue weighted by Crippen LogP contribution is -2.39. The minimum atomic E-state index is 0.0576. The Bertz CT molecular complexity index is 955. The fourth-order valence-electron chi connectivity index (χ4n) is 3.23. The third-order valence-electron chi connectivity index (χ3n) is 5.08. The minimum Gasteiger partial charge on any atom is -0.385 e. The fraction of sp³-hybridized carbons (Fsp3) is 0.391. The molecule has 0 unspecified atom stereocenters. The van der Waals surface area contributed by atoms with Crippen molar-refractivity contribution in [2.24, 2.45) is 0 Å². The number of methoxy groups -OCH3 is 1. The van der Waals surface area contributed by atoms with Crippen molar-refractivity contribution in [2.75, 3.05) is 38.8 Å². The average Bonchev–Trinajstić information content (AvgIpc) is 3.14. The molecule has 0 aliphatic rings. The molecule has 5 nitrogen and oxygen atoms in total. The number of likely N-dealkylation sites (N-methyl/N-ethyl adjacent to an activating group) is 1. The first-order valence-corrected chi connectivity index (χ1v) is 10.7. The van der Waals surface area contributed by atoms with Gasteiger partial charge in [0.1, 0.15) is 0 Å². The summed E-state index contributed by atoms with van der Waals surface area (Å²) in [6.45, 7) is 6.57. The summed E-state index contributed by atoms with van der Waals surface area (Å²) in [6, 6.07) is 14.3. The molecule has 0 saturated heterocycles. The first kappa shape index (κ1) is 21.4. The molecule has 29 heavy (non-hydrogen) atoms. The second-order valence-corrected chi connectivity index (χ2v) is 8.41. The predicted octanol–water partition coefficient (Wildman–Crippen LogP) is 4.41. The third-order valence-corrected chi connectivity index (χ3v) is 6.13. The summed E-state index contributed by atoms with van der Waals surface area (Å²) in [5, 5.41) is 0.757. The lowest BCUT2D eigenvalue weighted by molar-refractivity contribution is -0.119. The van der Waals surface area contributed by atoms with Gasteiger partial charge in [-0.25, -0.2) is 4.98 Å². The number of nitrogens with zero attached hydrogens (tertiary/aromatic N) is 3. The van der Waals surface area contributed by atoms with E-state index in [4.69, 9.17) is 9.72 Å². The number of fused-ring (bicyclic) bond motifs is 1. The zero-order valence-corrected chi connectivity index (χ0v) is 18.5. The highest BCUT2D eigenvalue weighted by Gasteiger charge is 2.22. The van der Waals surface area contributed by atoms with Crippen LogP contribution in [-0.4, -0.2) is 49.6 Å². The summed E-state index contributed by atoms with van der Waals surface area (Å²) in [5.41, 5.74) is 4.47. The van der Waals surface area contributed by atoms with E-state index in [9.17, 15) is 4.79 Å². The Hall–Kier alpha value is -2.28. The quantitative estimate of drug-likeness (QED) is 0.489. The molecule has 0 aliphatic carbocycles. The van der Waals surface area contributed by atoms with E-state index in [-0.39, 0.29) is 5.91 Å². The van der Waals surface area contributed by atoms with Gasteiger partial charge in [0.25, 0.3) is 0 Å². The van der Waals surface area contributed by atoms with Crippen molar-refractivity contribution in [2.45, 2.75) is 26.8 Å². The molecule has 1 aromatic heterocycles. The van der Waals surface area contributed by atoms with Gasteiger partial charge in [-0.15, -0.1) is 0 Å². The largest absolute Gasteiger partial charge is 0.385 e. The first-order chi connectivity index (χ1) is 14.0. The maximum atomic E-state index is 13.2. The molecule has 0 aliphatic heterocycles. The molecule has 6 heteroatoms. The minimum absolute atomic E-state index is 0.0576. The monoisotopic (exact) mass is 411 g/mol. The van der Waals surface area contributed by atoms with E-state index in [1.165, 1.54) is 11.1 Å². The van der Waals surface area contributed by atoms with Crippen LogP contribution in [0.5, 0.6) is 0 Å². The van der Waals surface area contributed by atoms with Gasteiger partial charge in [-0.1, -0.05) is 47.7 Å². The zero-order valence-electron chi connectivity index (χ0n) is 17.6. The summed E-state index contributed by atoms with van der Waals surface area (Å²) in [4.78, 5) is 22.0. The number of rotatable bonds is 9. The van der Waals surface area contributed by atoms with Gasteiger partial charge in [-0.2, -0.15) is 0 Å². The number of amides is 1. The standard InChI is InChI=1S/C23H29N3O2S/c1-17-11-12-20-22(18(17)2)24-23(29-20)26(15-19-9-6-5-7-10-19)21(27)16-25(3)13-8-14-28-4/h5-7,9-12H,8,13-16H2,1-4H3. The van der Waals surface area contributed by atoms with Crippen LogP contribution in [0.15, 0.2) is 42.5 Å².